The van der Waals surface area contributed by atoms with E-state index in [0.29, 0.717) is 42.3 Å². The molecule has 3 fully saturated rings. The summed E-state index contributed by atoms with van der Waals surface area (Å²) in [5.41, 5.74) is 0.0941. The zero-order valence-electron chi connectivity index (χ0n) is 17.9. The maximum absolute atomic E-state index is 15.4. The number of carbonyl (C=O) groups is 1. The highest BCUT2D eigenvalue weighted by atomic mass is 19.1. The van der Waals surface area contributed by atoms with Crippen molar-refractivity contribution in [2.75, 3.05) is 31.1 Å². The summed E-state index contributed by atoms with van der Waals surface area (Å²) in [6.07, 6.45) is 3.28. The molecule has 1 aromatic carbocycles. The van der Waals surface area contributed by atoms with Crippen LogP contribution in [0.4, 0.5) is 14.5 Å². The van der Waals surface area contributed by atoms with Gasteiger partial charge in [-0.25, -0.2) is 13.6 Å². The highest BCUT2D eigenvalue weighted by Gasteiger charge is 2.51. The van der Waals surface area contributed by atoms with Crippen molar-refractivity contribution in [3.8, 4) is 0 Å². The van der Waals surface area contributed by atoms with Crippen molar-refractivity contribution in [2.24, 2.45) is 5.92 Å². The lowest BCUT2D eigenvalue weighted by atomic mass is 9.96. The van der Waals surface area contributed by atoms with Crippen molar-refractivity contribution >= 4 is 22.6 Å². The number of hydrogen-bond acceptors (Lipinski definition) is 5. The van der Waals surface area contributed by atoms with Crippen molar-refractivity contribution in [3.63, 3.8) is 0 Å². The molecule has 9 heteroatoms. The van der Waals surface area contributed by atoms with Gasteiger partial charge in [0.05, 0.1) is 23.9 Å². The summed E-state index contributed by atoms with van der Waals surface area (Å²) in [6, 6.07) is 0.569. The minimum Gasteiger partial charge on any atom is -0.477 e. The molecule has 0 bridgehead atoms. The van der Waals surface area contributed by atoms with Gasteiger partial charge in [0.15, 0.2) is 0 Å². The van der Waals surface area contributed by atoms with Gasteiger partial charge in [0.2, 0.25) is 5.43 Å². The minimum atomic E-state index is -1.41. The number of aromatic carboxylic acids is 1. The zero-order valence-corrected chi connectivity index (χ0v) is 17.9. The van der Waals surface area contributed by atoms with Gasteiger partial charge in [-0.3, -0.25) is 4.79 Å². The van der Waals surface area contributed by atoms with Gasteiger partial charge in [0.1, 0.15) is 17.6 Å². The maximum Gasteiger partial charge on any atom is 0.341 e. The van der Waals surface area contributed by atoms with Crippen LogP contribution in [0.15, 0.2) is 17.1 Å². The Balaban J connectivity index is 1.57. The standard InChI is InChI=1S/C23H27F2N3O4/c1-12-19-14(21(30)15(22(31)32)11-28(19)18-9-16(18)24)8-17(25)20(12)27-6-2-13(10-27)23(3-4-23)26-5-7-29/h8,11,13,16,18,26,29H,2-7,9-10H2,1H3,(H,31,32)/t13-,16+,18-/m1/s1. The van der Waals surface area contributed by atoms with Crippen molar-refractivity contribution in [2.45, 2.75) is 50.4 Å². The van der Waals surface area contributed by atoms with E-state index in [1.807, 2.05) is 4.90 Å². The van der Waals surface area contributed by atoms with Gasteiger partial charge in [-0.1, -0.05) is 0 Å². The summed E-state index contributed by atoms with van der Waals surface area (Å²) in [6.45, 7) is 3.63. The first-order valence-electron chi connectivity index (χ1n) is 11.1. The zero-order chi connectivity index (χ0) is 22.8. The number of anilines is 1. The maximum atomic E-state index is 15.4. The van der Waals surface area contributed by atoms with E-state index in [0.717, 1.165) is 25.3 Å². The highest BCUT2D eigenvalue weighted by Crippen LogP contribution is 2.48. The van der Waals surface area contributed by atoms with E-state index in [4.69, 9.17) is 5.11 Å². The highest BCUT2D eigenvalue weighted by molar-refractivity contribution is 5.95. The van der Waals surface area contributed by atoms with E-state index in [1.165, 1.54) is 10.8 Å². The molecule has 2 aliphatic carbocycles. The van der Waals surface area contributed by atoms with Gasteiger partial charge in [-0.2, -0.15) is 0 Å². The number of fused-ring (bicyclic) bond motifs is 1. The molecule has 1 saturated heterocycles. The number of benzene rings is 1. The number of aryl methyl sites for hydroxylation is 1. The number of aromatic nitrogens is 1. The average Bonchev–Trinajstić information content (AvgIpc) is 3.64. The summed E-state index contributed by atoms with van der Waals surface area (Å²) in [5.74, 6) is -1.65. The minimum absolute atomic E-state index is 0.00728. The van der Waals surface area contributed by atoms with Gasteiger partial charge in [0, 0.05) is 43.2 Å². The van der Waals surface area contributed by atoms with Crippen molar-refractivity contribution in [1.29, 1.82) is 0 Å². The van der Waals surface area contributed by atoms with Crippen molar-refractivity contribution < 1.29 is 23.8 Å². The Morgan fingerprint density at radius 2 is 2.09 bits per heavy atom. The van der Waals surface area contributed by atoms with E-state index in [2.05, 4.69) is 5.32 Å². The molecule has 3 N–H and O–H groups in total. The quantitative estimate of drug-likeness (QED) is 0.603. The molecule has 0 spiro atoms. The molecule has 2 aromatic rings. The Labute approximate surface area is 183 Å². The number of alkyl halides is 1. The number of hydrogen-bond donors (Lipinski definition) is 3. The third kappa shape index (κ3) is 3.29. The molecule has 2 saturated carbocycles. The fourth-order valence-electron chi connectivity index (χ4n) is 5.50. The summed E-state index contributed by atoms with van der Waals surface area (Å²) in [4.78, 5) is 26.3. The summed E-state index contributed by atoms with van der Waals surface area (Å²) in [7, 11) is 0. The molecule has 3 atom stereocenters. The molecule has 32 heavy (non-hydrogen) atoms. The van der Waals surface area contributed by atoms with Crippen LogP contribution >= 0.6 is 0 Å². The second-order valence-electron chi connectivity index (χ2n) is 9.37. The molecule has 0 unspecified atom stereocenters. The number of nitrogens with zero attached hydrogens (tertiary/aromatic N) is 2. The monoisotopic (exact) mass is 447 g/mol. The van der Waals surface area contributed by atoms with E-state index in [-0.39, 0.29) is 24.0 Å². The number of carboxylic acids is 1. The number of halogens is 2. The Morgan fingerprint density at radius 1 is 1.38 bits per heavy atom. The van der Waals surface area contributed by atoms with E-state index in [9.17, 15) is 19.1 Å². The number of rotatable bonds is 7. The molecule has 1 aromatic heterocycles. The topological polar surface area (TPSA) is 94.8 Å². The molecular weight excluding hydrogens is 420 g/mol. The van der Waals surface area contributed by atoms with Gasteiger partial charge in [0.25, 0.3) is 0 Å². The van der Waals surface area contributed by atoms with Crippen LogP contribution in [0.2, 0.25) is 0 Å². The van der Waals surface area contributed by atoms with Gasteiger partial charge in [-0.15, -0.1) is 0 Å². The number of β-amino-alcohol motifs (C(OH)–C–C–N with tert-alkyl or cyclic N) is 1. The summed E-state index contributed by atoms with van der Waals surface area (Å²) >= 11 is 0. The fourth-order valence-corrected chi connectivity index (χ4v) is 5.50. The number of nitrogens with one attached hydrogen (secondary N) is 1. The molecule has 3 aliphatic rings. The smallest absolute Gasteiger partial charge is 0.341 e. The Kier molecular flexibility index (Phi) is 5.01. The first-order chi connectivity index (χ1) is 15.3. The molecule has 0 radical (unpaired) electrons. The summed E-state index contributed by atoms with van der Waals surface area (Å²) < 4.78 is 30.8. The van der Waals surface area contributed by atoms with Crippen LogP contribution in [-0.4, -0.2) is 58.7 Å². The van der Waals surface area contributed by atoms with Gasteiger partial charge >= 0.3 is 5.97 Å². The predicted molar refractivity (Wildman–Crippen MR) is 116 cm³/mol. The molecule has 5 rings (SSSR count). The molecule has 1 aliphatic heterocycles. The lowest BCUT2D eigenvalue weighted by Gasteiger charge is -2.27. The van der Waals surface area contributed by atoms with Gasteiger partial charge < -0.3 is 25.0 Å². The Hall–Kier alpha value is -2.52. The van der Waals surface area contributed by atoms with Crippen molar-refractivity contribution in [3.05, 3.63) is 39.4 Å². The van der Waals surface area contributed by atoms with Crippen LogP contribution in [0, 0.1) is 18.7 Å². The SMILES string of the molecule is Cc1c(N2CC[C@@H](C3(NCCO)CC3)C2)c(F)cc2c(=O)c(C(=O)O)cn([C@@H]3C[C@@H]3F)c12. The molecule has 172 valence electrons. The number of carboxylic acid groups (broad SMARTS) is 1. The predicted octanol–water partition coefficient (Wildman–Crippen LogP) is 2.37. The Bertz CT molecular complexity index is 1160. The van der Waals surface area contributed by atoms with E-state index >= 15 is 4.39 Å². The number of aliphatic hydroxyl groups is 1. The second-order valence-corrected chi connectivity index (χ2v) is 9.37. The number of aliphatic hydroxyl groups excluding tert-OH is 1. The third-order valence-corrected chi connectivity index (χ3v) is 7.41. The normalized spacial score (nSPS) is 26.0. The second kappa shape index (κ2) is 7.52. The third-order valence-electron chi connectivity index (χ3n) is 7.41. The molecular formula is C23H27F2N3O4. The number of pyridine rings is 1. The Morgan fingerprint density at radius 3 is 2.69 bits per heavy atom. The molecule has 0 amide bonds. The van der Waals surface area contributed by atoms with Crippen LogP contribution in [0.5, 0.6) is 0 Å². The van der Waals surface area contributed by atoms with E-state index in [1.54, 1.807) is 6.92 Å². The van der Waals surface area contributed by atoms with Crippen molar-refractivity contribution in [1.82, 2.24) is 9.88 Å². The lowest BCUT2D eigenvalue weighted by molar-refractivity contribution is 0.0694. The van der Waals surface area contributed by atoms with E-state index < -0.39 is 35.0 Å². The fraction of sp³-hybridized carbons (Fsp3) is 0.565. The van der Waals surface area contributed by atoms with Crippen LogP contribution in [0.25, 0.3) is 10.9 Å². The van der Waals surface area contributed by atoms with Crippen LogP contribution < -0.4 is 15.6 Å². The van der Waals surface area contributed by atoms with Crippen LogP contribution in [0.1, 0.15) is 47.6 Å². The van der Waals surface area contributed by atoms with Gasteiger partial charge in [-0.05, 0) is 43.7 Å². The molecule has 2 heterocycles. The first kappa shape index (κ1) is 21.3. The first-order valence-corrected chi connectivity index (χ1v) is 11.1. The molecule has 7 nitrogen and oxygen atoms in total. The largest absolute Gasteiger partial charge is 0.477 e. The summed E-state index contributed by atoms with van der Waals surface area (Å²) in [5, 5.41) is 22.0. The van der Waals surface area contributed by atoms with Crippen LogP contribution in [0.3, 0.4) is 0 Å². The average molecular weight is 447 g/mol. The van der Waals surface area contributed by atoms with Crippen LogP contribution in [-0.2, 0) is 0 Å². The lowest BCUT2D eigenvalue weighted by Crippen LogP contribution is -2.41.